The van der Waals surface area contributed by atoms with Crippen LogP contribution in [0.3, 0.4) is 0 Å². The van der Waals surface area contributed by atoms with Crippen LogP contribution in [0.5, 0.6) is 0 Å². The average molecular weight is 186 g/mol. The highest BCUT2D eigenvalue weighted by atomic mass is 32.3. The Morgan fingerprint density at radius 1 is 1.17 bits per heavy atom. The minimum Gasteiger partial charge on any atom is -0.362 e. The molecule has 1 rings (SSSR count). The van der Waals surface area contributed by atoms with E-state index in [2.05, 4.69) is 0 Å². The van der Waals surface area contributed by atoms with E-state index in [1.807, 2.05) is 30.3 Å². The first-order valence-electron chi connectivity index (χ1n) is 3.61. The molecule has 2 N–H and O–H groups in total. The van der Waals surface area contributed by atoms with Crippen LogP contribution in [0.2, 0.25) is 0 Å². The Balaban J connectivity index is 3.35. The van der Waals surface area contributed by atoms with E-state index < -0.39 is 9.03 Å². The summed E-state index contributed by atoms with van der Waals surface area (Å²) < 4.78 is 10.1. The second-order valence-electron chi connectivity index (χ2n) is 3.39. The largest absolute Gasteiger partial charge is 0.362 e. The van der Waals surface area contributed by atoms with E-state index in [9.17, 15) is 4.55 Å². The van der Waals surface area contributed by atoms with Crippen molar-refractivity contribution in [1.82, 2.24) is 0 Å². The zero-order valence-corrected chi connectivity index (χ0v) is 8.08. The fourth-order valence-corrected chi connectivity index (χ4v) is 1.99. The summed E-state index contributed by atoms with van der Waals surface area (Å²) in [4.78, 5) is 0.775. The smallest absolute Gasteiger partial charge is 0.0680 e. The van der Waals surface area contributed by atoms with Gasteiger partial charge in [0.15, 0.2) is 0 Å². The quantitative estimate of drug-likeness (QED) is 0.661. The summed E-state index contributed by atoms with van der Waals surface area (Å²) in [5.41, 5.74) is 0.909. The SMILES string of the molecule is CS(C)(O)(=CO)c1ccccc1. The van der Waals surface area contributed by atoms with Crippen LogP contribution >= 0.6 is 9.03 Å². The number of aliphatic hydroxyl groups is 1. The molecule has 12 heavy (non-hydrogen) atoms. The Hall–Kier alpha value is -0.640. The number of benzene rings is 1. The Kier molecular flexibility index (Phi) is 2.12. The van der Waals surface area contributed by atoms with Crippen LogP contribution in [0.15, 0.2) is 35.2 Å². The van der Waals surface area contributed by atoms with Crippen molar-refractivity contribution in [1.29, 1.82) is 0 Å². The third kappa shape index (κ3) is 1.75. The summed E-state index contributed by atoms with van der Waals surface area (Å²) in [5, 5.41) is 8.98. The average Bonchev–Trinajstić information content (AvgIpc) is 2.06. The van der Waals surface area contributed by atoms with E-state index in [4.69, 9.17) is 5.11 Å². The molecule has 0 fully saturated rings. The fourth-order valence-electron chi connectivity index (χ4n) is 0.893. The van der Waals surface area contributed by atoms with Crippen molar-refractivity contribution in [2.24, 2.45) is 0 Å². The number of hydrogen-bond donors (Lipinski definition) is 2. The third-order valence-electron chi connectivity index (χ3n) is 1.77. The zero-order valence-electron chi connectivity index (χ0n) is 7.27. The first-order valence-corrected chi connectivity index (χ1v) is 6.49. The number of aliphatic hydroxyl groups excluding tert-OH is 1. The van der Waals surface area contributed by atoms with Gasteiger partial charge in [-0.3, -0.25) is 0 Å². The summed E-state index contributed by atoms with van der Waals surface area (Å²) in [7, 11) is -2.84. The minimum absolute atomic E-state index is 0.775. The van der Waals surface area contributed by atoms with Gasteiger partial charge in [-0.1, -0.05) is 18.2 Å². The van der Waals surface area contributed by atoms with Crippen LogP contribution in [-0.4, -0.2) is 27.7 Å². The van der Waals surface area contributed by atoms with E-state index in [1.165, 1.54) is 0 Å². The lowest BCUT2D eigenvalue weighted by molar-refractivity contribution is 0.578. The molecule has 1 aromatic rings. The van der Waals surface area contributed by atoms with Gasteiger partial charge in [0.2, 0.25) is 0 Å². The lowest BCUT2D eigenvalue weighted by atomic mass is 10.4. The van der Waals surface area contributed by atoms with Crippen molar-refractivity contribution < 1.29 is 9.66 Å². The molecule has 3 heteroatoms. The highest BCUT2D eigenvalue weighted by molar-refractivity contribution is 8.41. The van der Waals surface area contributed by atoms with Crippen LogP contribution in [0.25, 0.3) is 0 Å². The first kappa shape index (κ1) is 9.45. The van der Waals surface area contributed by atoms with Crippen molar-refractivity contribution in [2.75, 3.05) is 12.5 Å². The molecular formula is C9H14O2S. The van der Waals surface area contributed by atoms with Crippen molar-refractivity contribution in [3.05, 3.63) is 30.3 Å². The Bertz CT molecular complexity index is 324. The summed E-state index contributed by atoms with van der Waals surface area (Å²) in [6, 6.07) is 9.20. The zero-order chi connectivity index (χ0) is 9.27. The predicted octanol–water partition coefficient (Wildman–Crippen LogP) is 2.44. The van der Waals surface area contributed by atoms with Gasteiger partial charge in [-0.2, -0.15) is 0 Å². The molecule has 0 saturated heterocycles. The maximum absolute atomic E-state index is 10.1. The molecule has 0 aliphatic heterocycles. The van der Waals surface area contributed by atoms with Gasteiger partial charge in [-0.15, -0.1) is 9.03 Å². The Morgan fingerprint density at radius 3 is 2.08 bits per heavy atom. The number of rotatable bonds is 1. The van der Waals surface area contributed by atoms with E-state index in [0.29, 0.717) is 0 Å². The highest BCUT2D eigenvalue weighted by Crippen LogP contribution is 2.54. The lowest BCUT2D eigenvalue weighted by Crippen LogP contribution is -2.06. The molecule has 0 bridgehead atoms. The molecule has 0 saturated carbocycles. The second-order valence-corrected chi connectivity index (χ2v) is 8.00. The maximum Gasteiger partial charge on any atom is 0.0680 e. The molecule has 68 valence electrons. The normalized spacial score (nSPS) is 14.8. The van der Waals surface area contributed by atoms with E-state index in [0.717, 1.165) is 10.4 Å². The monoisotopic (exact) mass is 186 g/mol. The van der Waals surface area contributed by atoms with Gasteiger partial charge >= 0.3 is 0 Å². The molecule has 0 aliphatic carbocycles. The molecule has 0 aromatic heterocycles. The summed E-state index contributed by atoms with van der Waals surface area (Å²) in [5.74, 6) is 0. The summed E-state index contributed by atoms with van der Waals surface area (Å²) in [6.07, 6.45) is 3.32. The lowest BCUT2D eigenvalue weighted by Gasteiger charge is -2.34. The van der Waals surface area contributed by atoms with Crippen LogP contribution < -0.4 is 0 Å². The van der Waals surface area contributed by atoms with Crippen molar-refractivity contribution in [3.8, 4) is 0 Å². The van der Waals surface area contributed by atoms with E-state index >= 15 is 0 Å². The van der Waals surface area contributed by atoms with Crippen LogP contribution in [-0.2, 0) is 0 Å². The van der Waals surface area contributed by atoms with Gasteiger partial charge < -0.3 is 9.66 Å². The minimum atomic E-state index is -2.84. The van der Waals surface area contributed by atoms with Crippen LogP contribution in [0.4, 0.5) is 0 Å². The molecule has 0 aliphatic rings. The van der Waals surface area contributed by atoms with Gasteiger partial charge in [0.05, 0.1) is 5.55 Å². The van der Waals surface area contributed by atoms with Crippen LogP contribution in [0.1, 0.15) is 0 Å². The van der Waals surface area contributed by atoms with Gasteiger partial charge in [0.25, 0.3) is 0 Å². The van der Waals surface area contributed by atoms with Crippen LogP contribution in [0, 0.1) is 0 Å². The third-order valence-corrected chi connectivity index (χ3v) is 4.09. The van der Waals surface area contributed by atoms with Gasteiger partial charge in [0, 0.05) is 4.90 Å². The van der Waals surface area contributed by atoms with Crippen molar-refractivity contribution >= 4 is 14.6 Å². The molecule has 0 atom stereocenters. The fraction of sp³-hybridized carbons (Fsp3) is 0.222. The molecule has 1 aromatic carbocycles. The van der Waals surface area contributed by atoms with Crippen molar-refractivity contribution in [2.45, 2.75) is 4.90 Å². The first-order chi connectivity index (χ1) is 5.44. The summed E-state index contributed by atoms with van der Waals surface area (Å²) >= 11 is 0. The van der Waals surface area contributed by atoms with Gasteiger partial charge in [-0.05, 0) is 24.6 Å². The molecule has 0 spiro atoms. The molecule has 0 amide bonds. The second kappa shape index (κ2) is 2.69. The topological polar surface area (TPSA) is 40.5 Å². The van der Waals surface area contributed by atoms with Crippen molar-refractivity contribution in [3.63, 3.8) is 0 Å². The standard InChI is InChI=1S/C9H14O2S/c1-12(2,11,8-10)9-6-4-3-5-7-9/h3-8,10-11H,1-2H3. The Labute approximate surface area is 72.6 Å². The van der Waals surface area contributed by atoms with E-state index in [-0.39, 0.29) is 0 Å². The van der Waals surface area contributed by atoms with Gasteiger partial charge in [0.1, 0.15) is 0 Å². The maximum atomic E-state index is 10.1. The predicted molar refractivity (Wildman–Crippen MR) is 55.5 cm³/mol. The molecule has 0 heterocycles. The molecule has 0 radical (unpaired) electrons. The van der Waals surface area contributed by atoms with Gasteiger partial charge in [-0.25, -0.2) is 0 Å². The van der Waals surface area contributed by atoms with E-state index in [1.54, 1.807) is 12.5 Å². The number of hydrogen-bond acceptors (Lipinski definition) is 1. The molecule has 2 nitrogen and oxygen atoms in total. The summed E-state index contributed by atoms with van der Waals surface area (Å²) in [6.45, 7) is 0. The molecule has 0 unspecified atom stereocenters. The Morgan fingerprint density at radius 2 is 1.67 bits per heavy atom. The molecular weight excluding hydrogens is 172 g/mol. The highest BCUT2D eigenvalue weighted by Gasteiger charge is 2.18.